The van der Waals surface area contributed by atoms with E-state index in [0.29, 0.717) is 18.9 Å². The molecule has 22 heavy (non-hydrogen) atoms. The number of nitrogens with zero attached hydrogens (tertiary/aromatic N) is 2. The number of hydrogen-bond donors (Lipinski definition) is 1. The molecule has 8 heteroatoms. The van der Waals surface area contributed by atoms with Gasteiger partial charge in [-0.1, -0.05) is 16.8 Å². The summed E-state index contributed by atoms with van der Waals surface area (Å²) in [7, 11) is 1.57. The molecule has 2 aromatic rings. The molecule has 0 aliphatic rings. The van der Waals surface area contributed by atoms with Crippen LogP contribution >= 0.6 is 11.6 Å². The third-order valence-corrected chi connectivity index (χ3v) is 3.14. The highest BCUT2D eigenvalue weighted by molar-refractivity contribution is 6.30. The van der Waals surface area contributed by atoms with Crippen LogP contribution in [0.4, 0.5) is 4.39 Å². The van der Waals surface area contributed by atoms with E-state index in [1.54, 1.807) is 14.0 Å². The summed E-state index contributed by atoms with van der Waals surface area (Å²) < 4.78 is 23.7. The number of carbonyl (C=O) groups excluding carboxylic acids is 1. The van der Waals surface area contributed by atoms with Gasteiger partial charge in [0.1, 0.15) is 11.9 Å². The summed E-state index contributed by atoms with van der Waals surface area (Å²) in [6.07, 6.45) is 0.506. The first kappa shape index (κ1) is 16.4. The quantitative estimate of drug-likeness (QED) is 0.882. The van der Waals surface area contributed by atoms with Gasteiger partial charge in [0.05, 0.1) is 12.2 Å². The van der Waals surface area contributed by atoms with Gasteiger partial charge in [-0.05, 0) is 25.1 Å². The van der Waals surface area contributed by atoms with Gasteiger partial charge in [-0.3, -0.25) is 4.79 Å². The predicted molar refractivity (Wildman–Crippen MR) is 77.2 cm³/mol. The highest BCUT2D eigenvalue weighted by Crippen LogP contribution is 2.16. The number of amides is 1. The molecule has 0 aliphatic carbocycles. The van der Waals surface area contributed by atoms with Crippen LogP contribution in [0.5, 0.6) is 0 Å². The summed E-state index contributed by atoms with van der Waals surface area (Å²) in [4.78, 5) is 16.2. The minimum absolute atomic E-state index is 0.102. The van der Waals surface area contributed by atoms with E-state index in [1.807, 2.05) is 0 Å². The number of rotatable bonds is 6. The fourth-order valence-electron chi connectivity index (χ4n) is 1.75. The van der Waals surface area contributed by atoms with Crippen molar-refractivity contribution in [1.29, 1.82) is 0 Å². The second kappa shape index (κ2) is 7.33. The fraction of sp³-hybridized carbons (Fsp3) is 0.357. The lowest BCUT2D eigenvalue weighted by atomic mass is 10.2. The molecule has 1 N–H and O–H groups in total. The fourth-order valence-corrected chi connectivity index (χ4v) is 1.91. The van der Waals surface area contributed by atoms with Gasteiger partial charge in [0.25, 0.3) is 5.91 Å². The van der Waals surface area contributed by atoms with Crippen LogP contribution in [0, 0.1) is 5.82 Å². The zero-order chi connectivity index (χ0) is 16.1. The van der Waals surface area contributed by atoms with E-state index in [1.165, 1.54) is 12.1 Å². The second-order valence-corrected chi connectivity index (χ2v) is 5.05. The summed E-state index contributed by atoms with van der Waals surface area (Å²) in [5.74, 6) is -0.550. The topological polar surface area (TPSA) is 77.3 Å². The van der Waals surface area contributed by atoms with Crippen molar-refractivity contribution in [3.63, 3.8) is 0 Å². The van der Waals surface area contributed by atoms with Crippen LogP contribution in [0.25, 0.3) is 0 Å². The maximum absolute atomic E-state index is 13.7. The third-order valence-electron chi connectivity index (χ3n) is 2.91. The third kappa shape index (κ3) is 4.02. The Bertz CT molecular complexity index is 663. The molecule has 0 saturated heterocycles. The summed E-state index contributed by atoms with van der Waals surface area (Å²) in [5, 5.41) is 6.59. The van der Waals surface area contributed by atoms with Gasteiger partial charge in [0.2, 0.25) is 5.89 Å². The minimum Gasteiger partial charge on any atom is -0.384 e. The van der Waals surface area contributed by atoms with E-state index < -0.39 is 17.8 Å². The first-order valence-electron chi connectivity index (χ1n) is 6.58. The maximum atomic E-state index is 13.7. The lowest BCUT2D eigenvalue weighted by Crippen LogP contribution is -2.27. The average molecular weight is 328 g/mol. The Morgan fingerprint density at radius 1 is 1.55 bits per heavy atom. The second-order valence-electron chi connectivity index (χ2n) is 4.61. The molecule has 0 spiro atoms. The van der Waals surface area contributed by atoms with Gasteiger partial charge in [0.15, 0.2) is 5.82 Å². The van der Waals surface area contributed by atoms with Crippen molar-refractivity contribution in [2.75, 3.05) is 13.7 Å². The minimum atomic E-state index is -0.691. The van der Waals surface area contributed by atoms with Crippen LogP contribution < -0.4 is 5.32 Å². The van der Waals surface area contributed by atoms with E-state index in [2.05, 4.69) is 15.5 Å². The molecule has 0 saturated carbocycles. The van der Waals surface area contributed by atoms with Crippen LogP contribution in [-0.2, 0) is 11.2 Å². The average Bonchev–Trinajstić information content (AvgIpc) is 2.93. The molecule has 1 aromatic carbocycles. The summed E-state index contributed by atoms with van der Waals surface area (Å²) in [6, 6.07) is 3.29. The lowest BCUT2D eigenvalue weighted by Gasteiger charge is -2.10. The largest absolute Gasteiger partial charge is 0.384 e. The number of methoxy groups -OCH3 is 1. The molecule has 6 nitrogen and oxygen atoms in total. The number of aromatic nitrogens is 2. The number of carbonyl (C=O) groups is 1. The van der Waals surface area contributed by atoms with Gasteiger partial charge in [-0.15, -0.1) is 0 Å². The first-order chi connectivity index (χ1) is 10.5. The molecule has 0 aliphatic heterocycles. The van der Waals surface area contributed by atoms with Crippen LogP contribution in [0.3, 0.4) is 0 Å². The van der Waals surface area contributed by atoms with E-state index in [-0.39, 0.29) is 16.5 Å². The molecule has 118 valence electrons. The highest BCUT2D eigenvalue weighted by atomic mass is 35.5. The van der Waals surface area contributed by atoms with E-state index >= 15 is 0 Å². The molecule has 1 amide bonds. The van der Waals surface area contributed by atoms with Gasteiger partial charge < -0.3 is 14.6 Å². The Morgan fingerprint density at radius 2 is 2.32 bits per heavy atom. The number of nitrogens with one attached hydrogen (secondary N) is 1. The summed E-state index contributed by atoms with van der Waals surface area (Å²) in [5.41, 5.74) is -0.102. The zero-order valence-corrected chi connectivity index (χ0v) is 12.9. The standard InChI is InChI=1S/C14H15ClFN3O3/c1-8(14-18-12(19-22-14)5-6-21-2)17-13(20)10-4-3-9(15)7-11(10)16/h3-4,7-8H,5-6H2,1-2H3,(H,17,20)/t8-/m1/s1. The number of benzene rings is 1. The van der Waals surface area contributed by atoms with Crippen molar-refractivity contribution in [3.05, 3.63) is 46.3 Å². The van der Waals surface area contributed by atoms with Crippen LogP contribution in [0.2, 0.25) is 5.02 Å². The van der Waals surface area contributed by atoms with Crippen LogP contribution in [-0.4, -0.2) is 29.8 Å². The molecular weight excluding hydrogens is 313 g/mol. The molecule has 1 heterocycles. The molecule has 0 bridgehead atoms. The smallest absolute Gasteiger partial charge is 0.254 e. The van der Waals surface area contributed by atoms with Crippen molar-refractivity contribution < 1.29 is 18.4 Å². The first-order valence-corrected chi connectivity index (χ1v) is 6.96. The maximum Gasteiger partial charge on any atom is 0.254 e. The van der Waals surface area contributed by atoms with Crippen LogP contribution in [0.1, 0.15) is 35.0 Å². The normalized spacial score (nSPS) is 12.2. The summed E-state index contributed by atoms with van der Waals surface area (Å²) in [6.45, 7) is 2.13. The van der Waals surface area contributed by atoms with Crippen molar-refractivity contribution in [1.82, 2.24) is 15.5 Å². The van der Waals surface area contributed by atoms with Crippen molar-refractivity contribution in [2.45, 2.75) is 19.4 Å². The summed E-state index contributed by atoms with van der Waals surface area (Å²) >= 11 is 5.65. The van der Waals surface area contributed by atoms with E-state index in [9.17, 15) is 9.18 Å². The molecule has 0 radical (unpaired) electrons. The monoisotopic (exact) mass is 327 g/mol. The van der Waals surface area contributed by atoms with Gasteiger partial charge >= 0.3 is 0 Å². The lowest BCUT2D eigenvalue weighted by molar-refractivity contribution is 0.0928. The Kier molecular flexibility index (Phi) is 5.46. The van der Waals surface area contributed by atoms with Crippen molar-refractivity contribution >= 4 is 17.5 Å². The number of halogens is 2. The van der Waals surface area contributed by atoms with E-state index in [4.69, 9.17) is 20.9 Å². The number of ether oxygens (including phenoxy) is 1. The molecule has 1 atom stereocenters. The Morgan fingerprint density at radius 3 is 3.00 bits per heavy atom. The van der Waals surface area contributed by atoms with Crippen molar-refractivity contribution in [2.24, 2.45) is 0 Å². The number of hydrogen-bond acceptors (Lipinski definition) is 5. The van der Waals surface area contributed by atoms with Crippen molar-refractivity contribution in [3.8, 4) is 0 Å². The highest BCUT2D eigenvalue weighted by Gasteiger charge is 2.19. The van der Waals surface area contributed by atoms with Gasteiger partial charge in [-0.25, -0.2) is 4.39 Å². The van der Waals surface area contributed by atoms with Crippen LogP contribution in [0.15, 0.2) is 22.7 Å². The van der Waals surface area contributed by atoms with Gasteiger partial charge in [-0.2, -0.15) is 4.98 Å². The SMILES string of the molecule is COCCc1noc([C@@H](C)NC(=O)c2ccc(Cl)cc2F)n1. The van der Waals surface area contributed by atoms with Gasteiger partial charge in [0, 0.05) is 18.6 Å². The molecule has 0 fully saturated rings. The Hall–Kier alpha value is -1.99. The molecule has 1 aromatic heterocycles. The zero-order valence-electron chi connectivity index (χ0n) is 12.1. The molecule has 0 unspecified atom stereocenters. The van der Waals surface area contributed by atoms with E-state index in [0.717, 1.165) is 6.07 Å². The Labute approximate surface area is 131 Å². The molecular formula is C14H15ClFN3O3. The Balaban J connectivity index is 2.03. The predicted octanol–water partition coefficient (Wildman–Crippen LogP) is 2.54. The molecule has 2 rings (SSSR count).